The summed E-state index contributed by atoms with van der Waals surface area (Å²) in [6.45, 7) is 2.75. The van der Waals surface area contributed by atoms with Crippen LogP contribution in [0.4, 0.5) is 0 Å². The Labute approximate surface area is 169 Å². The number of benzene rings is 2. The minimum absolute atomic E-state index is 0.0424. The molecule has 1 amide bonds. The second-order valence-electron chi connectivity index (χ2n) is 7.54. The third-order valence-electron chi connectivity index (χ3n) is 5.80. The second-order valence-corrected chi connectivity index (χ2v) is 7.54. The minimum atomic E-state index is -0.0699. The van der Waals surface area contributed by atoms with E-state index in [9.17, 15) is 4.79 Å². The van der Waals surface area contributed by atoms with Gasteiger partial charge in [0.25, 0.3) is 5.91 Å². The van der Waals surface area contributed by atoms with Gasteiger partial charge in [0.1, 0.15) is 0 Å². The molecule has 3 heterocycles. The smallest absolute Gasteiger partial charge is 0.254 e. The van der Waals surface area contributed by atoms with Crippen LogP contribution in [0.5, 0.6) is 0 Å². The van der Waals surface area contributed by atoms with Crippen LogP contribution in [0.1, 0.15) is 34.6 Å². The van der Waals surface area contributed by atoms with Crippen molar-refractivity contribution in [1.82, 2.24) is 19.7 Å². The quantitative estimate of drug-likeness (QED) is 0.516. The van der Waals surface area contributed by atoms with Crippen molar-refractivity contribution >= 4 is 16.8 Å². The molecule has 1 unspecified atom stereocenters. The fourth-order valence-electron chi connectivity index (χ4n) is 4.35. The molecule has 0 N–H and O–H groups in total. The number of hydrogen-bond donors (Lipinski definition) is 0. The molecule has 1 aliphatic heterocycles. The first kappa shape index (κ1) is 17.6. The molecular weight excluding hydrogens is 360 g/mol. The Morgan fingerprint density at radius 3 is 2.72 bits per heavy atom. The van der Waals surface area contributed by atoms with Crippen molar-refractivity contribution in [1.29, 1.82) is 0 Å². The number of nitrogens with zero attached hydrogens (tertiary/aromatic N) is 4. The van der Waals surface area contributed by atoms with Crippen LogP contribution in [0.3, 0.4) is 0 Å². The fourth-order valence-corrected chi connectivity index (χ4v) is 4.35. The van der Waals surface area contributed by atoms with Crippen molar-refractivity contribution in [3.63, 3.8) is 0 Å². The van der Waals surface area contributed by atoms with E-state index in [-0.39, 0.29) is 11.9 Å². The zero-order chi connectivity index (χ0) is 20.0. The lowest BCUT2D eigenvalue weighted by atomic mass is 9.95. The van der Waals surface area contributed by atoms with E-state index in [1.807, 2.05) is 65.2 Å². The molecule has 0 saturated heterocycles. The Balaban J connectivity index is 1.49. The number of hydrogen-bond acceptors (Lipinski definition) is 3. The summed E-state index contributed by atoms with van der Waals surface area (Å²) in [5.74, 6) is 0.0424. The molecule has 5 heteroatoms. The number of carbonyl (C=O) groups is 1. The normalized spacial score (nSPS) is 16.1. The van der Waals surface area contributed by atoms with Crippen LogP contribution >= 0.6 is 0 Å². The highest BCUT2D eigenvalue weighted by Crippen LogP contribution is 2.36. The van der Waals surface area contributed by atoms with Crippen molar-refractivity contribution in [2.75, 3.05) is 6.54 Å². The number of carbonyl (C=O) groups excluding carboxylic acids is 1. The Morgan fingerprint density at radius 2 is 1.90 bits per heavy atom. The van der Waals surface area contributed by atoms with Gasteiger partial charge in [-0.2, -0.15) is 5.10 Å². The summed E-state index contributed by atoms with van der Waals surface area (Å²) in [5, 5.41) is 5.78. The molecule has 4 aromatic rings. The molecule has 0 saturated carbocycles. The average molecular weight is 382 g/mol. The summed E-state index contributed by atoms with van der Waals surface area (Å²) in [4.78, 5) is 19.6. The molecule has 5 nitrogen and oxygen atoms in total. The average Bonchev–Trinajstić information content (AvgIpc) is 3.10. The molecule has 2 aromatic heterocycles. The SMILES string of the molecule is CC1c2nn(C)c(-c3ccccc3)c2CCN1C(=O)c1ccc2ncccc2c1. The van der Waals surface area contributed by atoms with Crippen LogP contribution < -0.4 is 0 Å². The zero-order valence-electron chi connectivity index (χ0n) is 16.5. The Kier molecular flexibility index (Phi) is 4.16. The van der Waals surface area contributed by atoms with Crippen LogP contribution in [0, 0.1) is 0 Å². The molecular formula is C24H22N4O. The number of aromatic nitrogens is 3. The van der Waals surface area contributed by atoms with Gasteiger partial charge < -0.3 is 4.90 Å². The van der Waals surface area contributed by atoms with E-state index < -0.39 is 0 Å². The lowest BCUT2D eigenvalue weighted by molar-refractivity contribution is 0.0674. The molecule has 0 radical (unpaired) electrons. The maximum Gasteiger partial charge on any atom is 0.254 e. The van der Waals surface area contributed by atoms with E-state index >= 15 is 0 Å². The van der Waals surface area contributed by atoms with Crippen molar-refractivity contribution < 1.29 is 4.79 Å². The molecule has 2 aromatic carbocycles. The van der Waals surface area contributed by atoms with Gasteiger partial charge in [0.2, 0.25) is 0 Å². The van der Waals surface area contributed by atoms with Crippen molar-refractivity contribution in [2.45, 2.75) is 19.4 Å². The Hall–Kier alpha value is -3.47. The van der Waals surface area contributed by atoms with Gasteiger partial charge in [0.15, 0.2) is 0 Å². The van der Waals surface area contributed by atoms with Gasteiger partial charge in [-0.1, -0.05) is 36.4 Å². The summed E-state index contributed by atoms with van der Waals surface area (Å²) in [7, 11) is 1.98. The lowest BCUT2D eigenvalue weighted by Gasteiger charge is -2.33. The predicted octanol–water partition coefficient (Wildman–Crippen LogP) is 4.39. The van der Waals surface area contributed by atoms with Crippen molar-refractivity contribution in [3.05, 3.63) is 83.7 Å². The van der Waals surface area contributed by atoms with Gasteiger partial charge in [-0.15, -0.1) is 0 Å². The maximum atomic E-state index is 13.3. The van der Waals surface area contributed by atoms with E-state index in [4.69, 9.17) is 5.10 Å². The van der Waals surface area contributed by atoms with E-state index in [0.29, 0.717) is 12.1 Å². The summed E-state index contributed by atoms with van der Waals surface area (Å²) in [6.07, 6.45) is 2.57. The monoisotopic (exact) mass is 382 g/mol. The summed E-state index contributed by atoms with van der Waals surface area (Å²) < 4.78 is 1.95. The molecule has 0 bridgehead atoms. The number of pyridine rings is 1. The van der Waals surface area contributed by atoms with Crippen LogP contribution in [0.2, 0.25) is 0 Å². The van der Waals surface area contributed by atoms with Gasteiger partial charge in [0.05, 0.1) is 22.9 Å². The van der Waals surface area contributed by atoms with Crippen LogP contribution in [0.25, 0.3) is 22.2 Å². The molecule has 1 atom stereocenters. The molecule has 0 fully saturated rings. The minimum Gasteiger partial charge on any atom is -0.330 e. The number of amides is 1. The number of fused-ring (bicyclic) bond motifs is 2. The highest BCUT2D eigenvalue weighted by molar-refractivity contribution is 5.98. The largest absolute Gasteiger partial charge is 0.330 e. The number of aryl methyl sites for hydroxylation is 1. The topological polar surface area (TPSA) is 51.0 Å². The number of rotatable bonds is 2. The summed E-state index contributed by atoms with van der Waals surface area (Å²) in [6, 6.07) is 19.9. The summed E-state index contributed by atoms with van der Waals surface area (Å²) in [5.41, 5.74) is 6.15. The molecule has 1 aliphatic rings. The van der Waals surface area contributed by atoms with E-state index in [1.54, 1.807) is 6.20 Å². The van der Waals surface area contributed by atoms with Gasteiger partial charge in [-0.05, 0) is 37.6 Å². The Bertz CT molecular complexity index is 1210. The van der Waals surface area contributed by atoms with E-state index in [2.05, 4.69) is 24.0 Å². The van der Waals surface area contributed by atoms with Crippen LogP contribution in [-0.2, 0) is 13.5 Å². The lowest BCUT2D eigenvalue weighted by Crippen LogP contribution is -2.38. The molecule has 29 heavy (non-hydrogen) atoms. The summed E-state index contributed by atoms with van der Waals surface area (Å²) >= 11 is 0. The van der Waals surface area contributed by atoms with Gasteiger partial charge in [-0.25, -0.2) is 0 Å². The highest BCUT2D eigenvalue weighted by atomic mass is 16.2. The molecule has 144 valence electrons. The first-order chi connectivity index (χ1) is 14.1. The molecule has 0 spiro atoms. The standard InChI is InChI=1S/C24H22N4O/c1-16-22-20(23(27(2)26-22)17-7-4-3-5-8-17)12-14-28(16)24(29)19-10-11-21-18(15-19)9-6-13-25-21/h3-11,13,15-16H,12,14H2,1-2H3. The van der Waals surface area contributed by atoms with Gasteiger partial charge in [-0.3, -0.25) is 14.5 Å². The third-order valence-corrected chi connectivity index (χ3v) is 5.80. The first-order valence-corrected chi connectivity index (χ1v) is 9.90. The third kappa shape index (κ3) is 2.90. The molecule has 0 aliphatic carbocycles. The predicted molar refractivity (Wildman–Crippen MR) is 114 cm³/mol. The first-order valence-electron chi connectivity index (χ1n) is 9.90. The maximum absolute atomic E-state index is 13.3. The van der Waals surface area contributed by atoms with E-state index in [0.717, 1.165) is 34.3 Å². The fraction of sp³-hybridized carbons (Fsp3) is 0.208. The molecule has 5 rings (SSSR count). The van der Waals surface area contributed by atoms with Crippen LogP contribution in [-0.4, -0.2) is 32.1 Å². The zero-order valence-corrected chi connectivity index (χ0v) is 16.5. The second kappa shape index (κ2) is 6.85. The van der Waals surface area contributed by atoms with Crippen molar-refractivity contribution in [2.24, 2.45) is 7.05 Å². The van der Waals surface area contributed by atoms with Crippen LogP contribution in [0.15, 0.2) is 66.9 Å². The van der Waals surface area contributed by atoms with E-state index in [1.165, 1.54) is 5.56 Å². The van der Waals surface area contributed by atoms with Gasteiger partial charge >= 0.3 is 0 Å². The Morgan fingerprint density at radius 1 is 1.07 bits per heavy atom. The highest BCUT2D eigenvalue weighted by Gasteiger charge is 2.33. The van der Waals surface area contributed by atoms with Gasteiger partial charge in [0, 0.05) is 41.9 Å². The van der Waals surface area contributed by atoms with Crippen molar-refractivity contribution in [3.8, 4) is 11.3 Å².